The summed E-state index contributed by atoms with van der Waals surface area (Å²) in [4.78, 5) is 23.6. The van der Waals surface area contributed by atoms with E-state index in [-0.39, 0.29) is 11.0 Å². The maximum Gasteiger partial charge on any atom is 0.239 e. The minimum Gasteiger partial charge on any atom is -0.302 e. The van der Waals surface area contributed by atoms with Crippen molar-refractivity contribution in [1.82, 2.24) is 10.6 Å². The van der Waals surface area contributed by atoms with Crippen molar-refractivity contribution < 1.29 is 9.59 Å². The van der Waals surface area contributed by atoms with Gasteiger partial charge in [-0.3, -0.25) is 9.59 Å². The zero-order valence-corrected chi connectivity index (χ0v) is 10.7. The molecule has 1 fully saturated rings. The zero-order chi connectivity index (χ0) is 13.9. The van der Waals surface area contributed by atoms with Crippen LogP contribution in [0.3, 0.4) is 0 Å². The first-order valence-electron chi connectivity index (χ1n) is 5.37. The van der Waals surface area contributed by atoms with Crippen LogP contribution in [0.5, 0.6) is 0 Å². The van der Waals surface area contributed by atoms with E-state index in [2.05, 4.69) is 10.6 Å². The van der Waals surface area contributed by atoms with E-state index < -0.39 is 29.6 Å². The number of nitriles is 2. The van der Waals surface area contributed by atoms with Crippen LogP contribution >= 0.6 is 12.2 Å². The Morgan fingerprint density at radius 3 is 1.94 bits per heavy atom. The predicted octanol–water partition coefficient (Wildman–Crippen LogP) is 0.0691. The maximum atomic E-state index is 11.8. The molecule has 2 amide bonds. The highest BCUT2D eigenvalue weighted by Crippen LogP contribution is 2.30. The first-order chi connectivity index (χ1) is 8.42. The minimum atomic E-state index is -1.07. The Bertz CT molecular complexity index is 440. The minimum absolute atomic E-state index is 0.0470. The number of carbonyl (C=O) groups excluding carboxylic acids is 2. The molecule has 18 heavy (non-hydrogen) atoms. The van der Waals surface area contributed by atoms with Crippen molar-refractivity contribution in [3.63, 3.8) is 0 Å². The molecule has 7 heteroatoms. The predicted molar refractivity (Wildman–Crippen MR) is 65.4 cm³/mol. The van der Waals surface area contributed by atoms with E-state index in [1.54, 1.807) is 13.8 Å². The number of hydrogen-bond acceptors (Lipinski definition) is 5. The lowest BCUT2D eigenvalue weighted by molar-refractivity contribution is -0.138. The third kappa shape index (κ3) is 2.63. The summed E-state index contributed by atoms with van der Waals surface area (Å²) >= 11 is 4.69. The molecule has 0 aromatic heterocycles. The Labute approximate surface area is 110 Å². The molecule has 0 aromatic carbocycles. The van der Waals surface area contributed by atoms with Gasteiger partial charge in [-0.15, -0.1) is 0 Å². The van der Waals surface area contributed by atoms with Gasteiger partial charge in [0.2, 0.25) is 11.8 Å². The van der Waals surface area contributed by atoms with Crippen LogP contribution in [-0.4, -0.2) is 16.9 Å². The second-order valence-electron chi connectivity index (χ2n) is 4.34. The highest BCUT2D eigenvalue weighted by Gasteiger charge is 2.44. The Kier molecular flexibility index (Phi) is 4.35. The van der Waals surface area contributed by atoms with Gasteiger partial charge in [0.05, 0.1) is 12.1 Å². The molecule has 0 spiro atoms. The van der Waals surface area contributed by atoms with Gasteiger partial charge < -0.3 is 10.6 Å². The second-order valence-corrected chi connectivity index (χ2v) is 4.75. The van der Waals surface area contributed by atoms with Gasteiger partial charge in [-0.1, -0.05) is 13.8 Å². The monoisotopic (exact) mass is 264 g/mol. The molecule has 94 valence electrons. The van der Waals surface area contributed by atoms with Crippen molar-refractivity contribution in [1.29, 1.82) is 10.5 Å². The van der Waals surface area contributed by atoms with Gasteiger partial charge in [-0.05, 0) is 18.1 Å². The number of hydrogen-bond donors (Lipinski definition) is 2. The molecular weight excluding hydrogens is 252 g/mol. The first-order valence-corrected chi connectivity index (χ1v) is 5.78. The smallest absolute Gasteiger partial charge is 0.239 e. The average molecular weight is 264 g/mol. The molecule has 6 nitrogen and oxygen atoms in total. The van der Waals surface area contributed by atoms with Crippen LogP contribution in [0, 0.1) is 46.3 Å². The maximum absolute atomic E-state index is 11.8. The van der Waals surface area contributed by atoms with Crippen LogP contribution in [0.1, 0.15) is 13.8 Å². The Morgan fingerprint density at radius 2 is 1.61 bits per heavy atom. The van der Waals surface area contributed by atoms with Crippen LogP contribution in [0.4, 0.5) is 0 Å². The molecule has 0 saturated carbocycles. The number of amides is 2. The van der Waals surface area contributed by atoms with Gasteiger partial charge >= 0.3 is 0 Å². The third-order valence-electron chi connectivity index (χ3n) is 2.86. The SMILES string of the molecule is CC(C)[C@@H](C(C#N)C#N)C1C(=O)NC(=S)NC1=O. The zero-order valence-electron chi connectivity index (χ0n) is 9.93. The molecule has 1 rings (SSSR count). The molecule has 1 atom stereocenters. The number of carbonyl (C=O) groups is 2. The summed E-state index contributed by atoms with van der Waals surface area (Å²) < 4.78 is 0. The summed E-state index contributed by atoms with van der Waals surface area (Å²) in [6, 6.07) is 3.66. The fourth-order valence-electron chi connectivity index (χ4n) is 2.04. The van der Waals surface area contributed by atoms with Gasteiger partial charge in [-0.2, -0.15) is 10.5 Å². The third-order valence-corrected chi connectivity index (χ3v) is 3.06. The molecule has 2 N–H and O–H groups in total. The molecular formula is C11H12N4O2S. The van der Waals surface area contributed by atoms with Gasteiger partial charge in [0.15, 0.2) is 5.11 Å². The summed E-state index contributed by atoms with van der Waals surface area (Å²) in [6.45, 7) is 3.53. The number of rotatable bonds is 3. The fraction of sp³-hybridized carbons (Fsp3) is 0.545. The van der Waals surface area contributed by atoms with Crippen LogP contribution in [-0.2, 0) is 9.59 Å². The Balaban J connectivity index is 3.11. The van der Waals surface area contributed by atoms with Crippen molar-refractivity contribution in [3.8, 4) is 12.1 Å². The molecule has 1 saturated heterocycles. The van der Waals surface area contributed by atoms with Gasteiger partial charge in [0.25, 0.3) is 0 Å². The van der Waals surface area contributed by atoms with Gasteiger partial charge in [-0.25, -0.2) is 0 Å². The lowest BCUT2D eigenvalue weighted by atomic mass is 9.74. The first kappa shape index (κ1) is 14.1. The summed E-state index contributed by atoms with van der Waals surface area (Å²) in [6.07, 6.45) is 0. The van der Waals surface area contributed by atoms with E-state index in [0.717, 1.165) is 0 Å². The summed E-state index contributed by atoms with van der Waals surface area (Å²) in [5, 5.41) is 22.5. The van der Waals surface area contributed by atoms with Crippen LogP contribution in [0.25, 0.3) is 0 Å². The number of thiocarbonyl (C=S) groups is 1. The second kappa shape index (κ2) is 5.56. The fourth-order valence-corrected chi connectivity index (χ4v) is 2.24. The van der Waals surface area contributed by atoms with Crippen LogP contribution in [0.2, 0.25) is 0 Å². The van der Waals surface area contributed by atoms with E-state index >= 15 is 0 Å². The van der Waals surface area contributed by atoms with Gasteiger partial charge in [0, 0.05) is 5.92 Å². The van der Waals surface area contributed by atoms with Crippen LogP contribution in [0.15, 0.2) is 0 Å². The largest absolute Gasteiger partial charge is 0.302 e. The average Bonchev–Trinajstić information content (AvgIpc) is 2.26. The van der Waals surface area contributed by atoms with E-state index in [4.69, 9.17) is 22.7 Å². The van der Waals surface area contributed by atoms with Crippen molar-refractivity contribution in [2.75, 3.05) is 0 Å². The van der Waals surface area contributed by atoms with Crippen molar-refractivity contribution in [2.24, 2.45) is 23.7 Å². The Morgan fingerprint density at radius 1 is 1.17 bits per heavy atom. The number of nitrogens with one attached hydrogen (secondary N) is 2. The lowest BCUT2D eigenvalue weighted by Crippen LogP contribution is -2.58. The van der Waals surface area contributed by atoms with E-state index in [9.17, 15) is 9.59 Å². The quantitative estimate of drug-likeness (QED) is 0.554. The summed E-state index contributed by atoms with van der Waals surface area (Å²) in [7, 11) is 0. The molecule has 0 bridgehead atoms. The molecule has 1 aliphatic heterocycles. The molecule has 0 unspecified atom stereocenters. The molecule has 0 aliphatic carbocycles. The van der Waals surface area contributed by atoms with E-state index in [1.165, 1.54) is 0 Å². The van der Waals surface area contributed by atoms with Crippen molar-refractivity contribution in [2.45, 2.75) is 13.8 Å². The standard InChI is InChI=1S/C11H12N4O2S/c1-5(2)7(6(3-12)4-13)8-9(16)14-11(18)15-10(8)17/h5-8H,1-2H3,(H2,14,15,16,17,18)/t7-/m0/s1. The highest BCUT2D eigenvalue weighted by atomic mass is 32.1. The van der Waals surface area contributed by atoms with Gasteiger partial charge in [0.1, 0.15) is 11.8 Å². The molecule has 1 aliphatic rings. The summed E-state index contributed by atoms with van der Waals surface area (Å²) in [5.41, 5.74) is 0. The van der Waals surface area contributed by atoms with E-state index in [0.29, 0.717) is 0 Å². The molecule has 1 heterocycles. The topological polar surface area (TPSA) is 106 Å². The van der Waals surface area contributed by atoms with Crippen LogP contribution < -0.4 is 10.6 Å². The lowest BCUT2D eigenvalue weighted by Gasteiger charge is -2.31. The van der Waals surface area contributed by atoms with E-state index in [1.807, 2.05) is 12.1 Å². The normalized spacial score (nSPS) is 18.0. The Hall–Kier alpha value is -1.99. The van der Waals surface area contributed by atoms with Crippen molar-refractivity contribution >= 4 is 29.1 Å². The summed E-state index contributed by atoms with van der Waals surface area (Å²) in [5.74, 6) is -4.03. The molecule has 0 aromatic rings. The number of nitrogens with zero attached hydrogens (tertiary/aromatic N) is 2. The molecule has 0 radical (unpaired) electrons. The highest BCUT2D eigenvalue weighted by molar-refractivity contribution is 7.80. The van der Waals surface area contributed by atoms with Crippen molar-refractivity contribution in [3.05, 3.63) is 0 Å².